The highest BCUT2D eigenvalue weighted by molar-refractivity contribution is 5.94. The molecule has 1 fully saturated rings. The second-order valence-electron chi connectivity index (χ2n) is 7.68. The molecule has 1 aliphatic heterocycles. The van der Waals surface area contributed by atoms with E-state index < -0.39 is 0 Å². The standard InChI is InChI=1S/C21H28N8O/c1-4-16(5-2)24-20(30)15-7-8-18-25-26-19(29(18)13-15)17-14-28(12-11-27(17)3)21-22-9-6-10-23-21/h6-10,13,16-17H,4-5,11-12,14H2,1-3H3,(H,24,30)/t17-/m0/s1. The Morgan fingerprint density at radius 2 is 1.93 bits per heavy atom. The van der Waals surface area contributed by atoms with Gasteiger partial charge in [-0.15, -0.1) is 10.2 Å². The van der Waals surface area contributed by atoms with Gasteiger partial charge in [0.15, 0.2) is 11.5 Å². The van der Waals surface area contributed by atoms with Gasteiger partial charge in [0.25, 0.3) is 5.91 Å². The second-order valence-corrected chi connectivity index (χ2v) is 7.68. The predicted octanol–water partition coefficient (Wildman–Crippen LogP) is 1.93. The minimum Gasteiger partial charge on any atom is -0.349 e. The Labute approximate surface area is 176 Å². The first-order valence-electron chi connectivity index (χ1n) is 10.5. The van der Waals surface area contributed by atoms with Crippen molar-refractivity contribution in [2.45, 2.75) is 38.8 Å². The first kappa shape index (κ1) is 20.2. The molecular weight excluding hydrogens is 380 g/mol. The smallest absolute Gasteiger partial charge is 0.252 e. The number of nitrogens with zero attached hydrogens (tertiary/aromatic N) is 7. The van der Waals surface area contributed by atoms with Gasteiger partial charge in [0, 0.05) is 44.3 Å². The third-order valence-electron chi connectivity index (χ3n) is 5.79. The molecule has 0 spiro atoms. The molecule has 4 heterocycles. The van der Waals surface area contributed by atoms with Gasteiger partial charge < -0.3 is 10.2 Å². The van der Waals surface area contributed by atoms with Crippen molar-refractivity contribution < 1.29 is 4.79 Å². The van der Waals surface area contributed by atoms with Crippen LogP contribution >= 0.6 is 0 Å². The molecular formula is C21H28N8O. The Hall–Kier alpha value is -3.07. The number of pyridine rings is 1. The van der Waals surface area contributed by atoms with Crippen LogP contribution in [0.2, 0.25) is 0 Å². The summed E-state index contributed by atoms with van der Waals surface area (Å²) in [6.07, 6.45) is 7.17. The predicted molar refractivity (Wildman–Crippen MR) is 114 cm³/mol. The van der Waals surface area contributed by atoms with Crippen molar-refractivity contribution in [3.8, 4) is 0 Å². The van der Waals surface area contributed by atoms with E-state index in [4.69, 9.17) is 0 Å². The number of rotatable bonds is 6. The Balaban J connectivity index is 1.62. The van der Waals surface area contributed by atoms with E-state index in [9.17, 15) is 4.79 Å². The van der Waals surface area contributed by atoms with Crippen LogP contribution in [0.25, 0.3) is 5.65 Å². The summed E-state index contributed by atoms with van der Waals surface area (Å²) < 4.78 is 1.93. The van der Waals surface area contributed by atoms with E-state index in [1.54, 1.807) is 18.5 Å². The van der Waals surface area contributed by atoms with Gasteiger partial charge in [-0.3, -0.25) is 14.1 Å². The minimum absolute atomic E-state index is 0.00917. The summed E-state index contributed by atoms with van der Waals surface area (Å²) in [6.45, 7) is 6.56. The van der Waals surface area contributed by atoms with E-state index >= 15 is 0 Å². The van der Waals surface area contributed by atoms with Crippen LogP contribution in [-0.4, -0.2) is 68.1 Å². The SMILES string of the molecule is CCC(CC)NC(=O)c1ccc2nnc([C@@H]3CN(c4ncccn4)CCN3C)n2c1. The average Bonchev–Trinajstić information content (AvgIpc) is 3.21. The van der Waals surface area contributed by atoms with Gasteiger partial charge in [-0.1, -0.05) is 13.8 Å². The third-order valence-corrected chi connectivity index (χ3v) is 5.79. The zero-order chi connectivity index (χ0) is 21.1. The van der Waals surface area contributed by atoms with Gasteiger partial charge in [0.1, 0.15) is 0 Å². The lowest BCUT2D eigenvalue weighted by atomic mass is 10.1. The first-order valence-corrected chi connectivity index (χ1v) is 10.5. The van der Waals surface area contributed by atoms with E-state index in [0.717, 1.165) is 43.4 Å². The molecule has 158 valence electrons. The van der Waals surface area contributed by atoms with Gasteiger partial charge in [-0.05, 0) is 38.1 Å². The van der Waals surface area contributed by atoms with E-state index in [-0.39, 0.29) is 18.0 Å². The zero-order valence-corrected chi connectivity index (χ0v) is 17.7. The summed E-state index contributed by atoms with van der Waals surface area (Å²) in [5, 5.41) is 11.9. The van der Waals surface area contributed by atoms with E-state index in [1.165, 1.54) is 0 Å². The second kappa shape index (κ2) is 8.74. The van der Waals surface area contributed by atoms with Gasteiger partial charge >= 0.3 is 0 Å². The number of hydrogen-bond acceptors (Lipinski definition) is 7. The Morgan fingerprint density at radius 1 is 1.17 bits per heavy atom. The van der Waals surface area contributed by atoms with Crippen molar-refractivity contribution in [1.29, 1.82) is 0 Å². The number of aromatic nitrogens is 5. The van der Waals surface area contributed by atoms with Gasteiger partial charge in [-0.25, -0.2) is 9.97 Å². The normalized spacial score (nSPS) is 17.6. The Morgan fingerprint density at radius 3 is 2.67 bits per heavy atom. The molecule has 3 aromatic rings. The summed E-state index contributed by atoms with van der Waals surface area (Å²) in [4.78, 5) is 25.9. The van der Waals surface area contributed by atoms with Gasteiger partial charge in [-0.2, -0.15) is 0 Å². The Bertz CT molecular complexity index is 1000. The molecule has 3 aromatic heterocycles. The highest BCUT2D eigenvalue weighted by atomic mass is 16.1. The lowest BCUT2D eigenvalue weighted by Gasteiger charge is -2.38. The molecule has 0 unspecified atom stereocenters. The molecule has 9 nitrogen and oxygen atoms in total. The molecule has 30 heavy (non-hydrogen) atoms. The fourth-order valence-corrected chi connectivity index (χ4v) is 3.82. The van der Waals surface area contributed by atoms with Crippen LogP contribution in [-0.2, 0) is 0 Å². The van der Waals surface area contributed by atoms with Crippen LogP contribution in [0.3, 0.4) is 0 Å². The molecule has 9 heteroatoms. The maximum Gasteiger partial charge on any atom is 0.252 e. The maximum atomic E-state index is 12.7. The largest absolute Gasteiger partial charge is 0.349 e. The fourth-order valence-electron chi connectivity index (χ4n) is 3.82. The van der Waals surface area contributed by atoms with Crippen LogP contribution in [0, 0.1) is 0 Å². The van der Waals surface area contributed by atoms with E-state index in [2.05, 4.69) is 56.2 Å². The summed E-state index contributed by atoms with van der Waals surface area (Å²) in [7, 11) is 2.08. The number of piperazine rings is 1. The molecule has 0 aliphatic carbocycles. The fraction of sp³-hybridized carbons (Fsp3) is 0.476. The van der Waals surface area contributed by atoms with Crippen molar-refractivity contribution in [1.82, 2.24) is 34.8 Å². The van der Waals surface area contributed by atoms with Crippen LogP contribution in [0.4, 0.5) is 5.95 Å². The van der Waals surface area contributed by atoms with E-state index in [0.29, 0.717) is 12.1 Å². The summed E-state index contributed by atoms with van der Waals surface area (Å²) >= 11 is 0. The summed E-state index contributed by atoms with van der Waals surface area (Å²) in [5.41, 5.74) is 1.34. The highest BCUT2D eigenvalue weighted by Crippen LogP contribution is 2.25. The molecule has 4 rings (SSSR count). The summed E-state index contributed by atoms with van der Waals surface area (Å²) in [5.74, 6) is 1.46. The highest BCUT2D eigenvalue weighted by Gasteiger charge is 2.30. The number of fused-ring (bicyclic) bond motifs is 1. The molecule has 0 saturated carbocycles. The maximum absolute atomic E-state index is 12.7. The number of likely N-dealkylation sites (N-methyl/N-ethyl adjacent to an activating group) is 1. The number of carbonyl (C=O) groups excluding carboxylic acids is 1. The van der Waals surface area contributed by atoms with Crippen molar-refractivity contribution in [3.63, 3.8) is 0 Å². The third kappa shape index (κ3) is 3.97. The van der Waals surface area contributed by atoms with Gasteiger partial charge in [0.05, 0.1) is 11.6 Å². The molecule has 1 saturated heterocycles. The lowest BCUT2D eigenvalue weighted by Crippen LogP contribution is -2.48. The van der Waals surface area contributed by atoms with Crippen LogP contribution < -0.4 is 10.2 Å². The number of nitrogens with one attached hydrogen (secondary N) is 1. The van der Waals surface area contributed by atoms with Crippen molar-refractivity contribution in [2.75, 3.05) is 31.6 Å². The van der Waals surface area contributed by atoms with Crippen LogP contribution in [0.5, 0.6) is 0 Å². The minimum atomic E-state index is -0.0680. The quantitative estimate of drug-likeness (QED) is 0.666. The summed E-state index contributed by atoms with van der Waals surface area (Å²) in [6, 6.07) is 5.66. The molecule has 0 bridgehead atoms. The average molecular weight is 409 g/mol. The van der Waals surface area contributed by atoms with Gasteiger partial charge in [0.2, 0.25) is 5.95 Å². The molecule has 0 aromatic carbocycles. The number of carbonyl (C=O) groups is 1. The van der Waals surface area contributed by atoms with Crippen LogP contribution in [0.15, 0.2) is 36.8 Å². The number of hydrogen-bond donors (Lipinski definition) is 1. The monoisotopic (exact) mass is 408 g/mol. The van der Waals surface area contributed by atoms with Crippen molar-refractivity contribution in [2.24, 2.45) is 0 Å². The number of amides is 1. The number of anilines is 1. The zero-order valence-electron chi connectivity index (χ0n) is 17.7. The molecule has 1 amide bonds. The molecule has 1 atom stereocenters. The van der Waals surface area contributed by atoms with Crippen LogP contribution in [0.1, 0.15) is 48.9 Å². The van der Waals surface area contributed by atoms with Crippen molar-refractivity contribution >= 4 is 17.5 Å². The Kier molecular flexibility index (Phi) is 5.89. The van der Waals surface area contributed by atoms with Crippen molar-refractivity contribution in [3.05, 3.63) is 48.2 Å². The topological polar surface area (TPSA) is 91.5 Å². The molecule has 0 radical (unpaired) electrons. The lowest BCUT2D eigenvalue weighted by molar-refractivity contribution is 0.0934. The molecule has 1 aliphatic rings. The van der Waals surface area contributed by atoms with E-state index in [1.807, 2.05) is 22.7 Å². The first-order chi connectivity index (χ1) is 14.6. The molecule has 1 N–H and O–H groups in total.